The number of hydrogen-bond acceptors (Lipinski definition) is 3. The zero-order chi connectivity index (χ0) is 17.9. The number of unbranched alkanes of at least 4 members (excludes halogenated alkanes) is 6. The summed E-state index contributed by atoms with van der Waals surface area (Å²) in [5.74, 6) is -2.32. The first kappa shape index (κ1) is 21.9. The van der Waals surface area contributed by atoms with Crippen molar-refractivity contribution in [3.63, 3.8) is 0 Å². The Morgan fingerprint density at radius 1 is 0.696 bits per heavy atom. The van der Waals surface area contributed by atoms with E-state index in [0.29, 0.717) is 11.8 Å². The average Bonchev–Trinajstić information content (AvgIpc) is 2.33. The third-order valence-electron chi connectivity index (χ3n) is 4.03. The minimum Gasteiger partial charge on any atom is -0.481 e. The summed E-state index contributed by atoms with van der Waals surface area (Å²) < 4.78 is 0. The molecule has 136 valence electrons. The van der Waals surface area contributed by atoms with Crippen molar-refractivity contribution in [2.45, 2.75) is 97.0 Å². The van der Waals surface area contributed by atoms with Crippen LogP contribution in [0.5, 0.6) is 0 Å². The van der Waals surface area contributed by atoms with E-state index in [2.05, 4.69) is 20.8 Å². The van der Waals surface area contributed by atoms with E-state index < -0.39 is 30.4 Å². The van der Waals surface area contributed by atoms with Crippen molar-refractivity contribution in [2.24, 2.45) is 5.41 Å². The molecule has 0 saturated heterocycles. The SMILES string of the molecule is CC(C)(C)CCCCCCCCCC(O)(CC(=O)O)CC(=O)O. The fourth-order valence-corrected chi connectivity index (χ4v) is 2.80. The molecule has 0 aromatic heterocycles. The van der Waals surface area contributed by atoms with E-state index in [4.69, 9.17) is 10.2 Å². The molecule has 0 radical (unpaired) electrons. The highest BCUT2D eigenvalue weighted by Crippen LogP contribution is 2.25. The van der Waals surface area contributed by atoms with Crippen LogP contribution in [0.4, 0.5) is 0 Å². The summed E-state index contributed by atoms with van der Waals surface area (Å²) in [4.78, 5) is 21.5. The first-order chi connectivity index (χ1) is 10.5. The lowest BCUT2D eigenvalue weighted by Gasteiger charge is -2.24. The van der Waals surface area contributed by atoms with E-state index in [-0.39, 0.29) is 6.42 Å². The Morgan fingerprint density at radius 3 is 1.39 bits per heavy atom. The van der Waals surface area contributed by atoms with Gasteiger partial charge in [-0.25, -0.2) is 0 Å². The zero-order valence-electron chi connectivity index (χ0n) is 14.9. The van der Waals surface area contributed by atoms with E-state index >= 15 is 0 Å². The largest absolute Gasteiger partial charge is 0.481 e. The highest BCUT2D eigenvalue weighted by molar-refractivity contribution is 5.72. The third-order valence-corrected chi connectivity index (χ3v) is 4.03. The van der Waals surface area contributed by atoms with Gasteiger partial charge >= 0.3 is 11.9 Å². The van der Waals surface area contributed by atoms with Crippen molar-refractivity contribution in [2.75, 3.05) is 0 Å². The Morgan fingerprint density at radius 2 is 1.04 bits per heavy atom. The van der Waals surface area contributed by atoms with Gasteiger partial charge in [0.2, 0.25) is 0 Å². The maximum atomic E-state index is 10.7. The quantitative estimate of drug-likeness (QED) is 0.439. The second kappa shape index (κ2) is 10.6. The molecule has 0 unspecified atom stereocenters. The summed E-state index contributed by atoms with van der Waals surface area (Å²) >= 11 is 0. The van der Waals surface area contributed by atoms with Gasteiger partial charge in [-0.1, -0.05) is 65.7 Å². The fraction of sp³-hybridized carbons (Fsp3) is 0.889. The van der Waals surface area contributed by atoms with Crippen LogP contribution in [0.2, 0.25) is 0 Å². The van der Waals surface area contributed by atoms with Crippen LogP contribution in [0.1, 0.15) is 91.4 Å². The summed E-state index contributed by atoms with van der Waals surface area (Å²) in [6.07, 6.45) is 7.90. The standard InChI is InChI=1S/C18H34O5/c1-17(2,3)11-9-7-5-4-6-8-10-12-18(23,13-15(19)20)14-16(21)22/h23H,4-14H2,1-3H3,(H,19,20)(H,21,22). The fourth-order valence-electron chi connectivity index (χ4n) is 2.80. The highest BCUT2D eigenvalue weighted by Gasteiger charge is 2.32. The van der Waals surface area contributed by atoms with Crippen LogP contribution in [0.15, 0.2) is 0 Å². The van der Waals surface area contributed by atoms with Crippen LogP contribution in [0, 0.1) is 5.41 Å². The predicted molar refractivity (Wildman–Crippen MR) is 90.5 cm³/mol. The van der Waals surface area contributed by atoms with Gasteiger partial charge in [-0.05, 0) is 18.3 Å². The van der Waals surface area contributed by atoms with Crippen molar-refractivity contribution < 1.29 is 24.9 Å². The molecular weight excluding hydrogens is 296 g/mol. The van der Waals surface area contributed by atoms with E-state index in [1.807, 2.05) is 0 Å². The molecule has 0 saturated carbocycles. The van der Waals surface area contributed by atoms with Gasteiger partial charge in [-0.2, -0.15) is 0 Å². The lowest BCUT2D eigenvalue weighted by atomic mass is 9.88. The minimum atomic E-state index is -1.62. The summed E-state index contributed by atoms with van der Waals surface area (Å²) in [6.45, 7) is 6.76. The van der Waals surface area contributed by atoms with Crippen LogP contribution >= 0.6 is 0 Å². The first-order valence-corrected chi connectivity index (χ1v) is 8.70. The molecule has 3 N–H and O–H groups in total. The van der Waals surface area contributed by atoms with Gasteiger partial charge in [0.15, 0.2) is 0 Å². The van der Waals surface area contributed by atoms with E-state index in [0.717, 1.165) is 19.3 Å². The Kier molecular flexibility index (Phi) is 10.1. The summed E-state index contributed by atoms with van der Waals surface area (Å²) in [6, 6.07) is 0. The smallest absolute Gasteiger partial charge is 0.306 e. The molecule has 0 bridgehead atoms. The molecule has 0 amide bonds. The van der Waals surface area contributed by atoms with Crippen LogP contribution in [0.25, 0.3) is 0 Å². The zero-order valence-corrected chi connectivity index (χ0v) is 14.9. The molecule has 0 aromatic rings. The van der Waals surface area contributed by atoms with Gasteiger partial charge in [0, 0.05) is 0 Å². The molecule has 0 aliphatic carbocycles. The van der Waals surface area contributed by atoms with Gasteiger partial charge < -0.3 is 15.3 Å². The second-order valence-electron chi connectivity index (χ2n) is 7.90. The van der Waals surface area contributed by atoms with Gasteiger partial charge in [0.25, 0.3) is 0 Å². The molecule has 0 aliphatic rings. The van der Waals surface area contributed by atoms with Crippen LogP contribution < -0.4 is 0 Å². The predicted octanol–water partition coefficient (Wildman–Crippen LogP) is 4.22. The molecule has 0 heterocycles. The van der Waals surface area contributed by atoms with Crippen molar-refractivity contribution in [1.29, 1.82) is 0 Å². The number of aliphatic carboxylic acids is 2. The van der Waals surface area contributed by atoms with Crippen LogP contribution in [-0.4, -0.2) is 32.9 Å². The van der Waals surface area contributed by atoms with Crippen molar-refractivity contribution in [1.82, 2.24) is 0 Å². The maximum Gasteiger partial charge on any atom is 0.306 e. The van der Waals surface area contributed by atoms with Crippen molar-refractivity contribution in [3.05, 3.63) is 0 Å². The lowest BCUT2D eigenvalue weighted by Crippen LogP contribution is -2.34. The number of rotatable bonds is 13. The second-order valence-corrected chi connectivity index (χ2v) is 7.90. The maximum absolute atomic E-state index is 10.7. The van der Waals surface area contributed by atoms with Gasteiger partial charge in [-0.15, -0.1) is 0 Å². The molecule has 5 nitrogen and oxygen atoms in total. The Labute approximate surface area is 140 Å². The molecule has 0 spiro atoms. The van der Waals surface area contributed by atoms with Crippen molar-refractivity contribution in [3.8, 4) is 0 Å². The minimum absolute atomic E-state index is 0.232. The number of hydrogen-bond donors (Lipinski definition) is 3. The molecule has 0 aliphatic heterocycles. The Hall–Kier alpha value is -1.10. The molecule has 5 heteroatoms. The average molecular weight is 330 g/mol. The van der Waals surface area contributed by atoms with Crippen molar-refractivity contribution >= 4 is 11.9 Å². The Balaban J connectivity index is 3.78. The highest BCUT2D eigenvalue weighted by atomic mass is 16.4. The summed E-state index contributed by atoms with van der Waals surface area (Å²) in [5, 5.41) is 27.7. The lowest BCUT2D eigenvalue weighted by molar-refractivity contribution is -0.149. The van der Waals surface area contributed by atoms with E-state index in [1.165, 1.54) is 25.7 Å². The molecular formula is C18H34O5. The van der Waals surface area contributed by atoms with E-state index in [9.17, 15) is 14.7 Å². The van der Waals surface area contributed by atoms with E-state index in [1.54, 1.807) is 0 Å². The summed E-state index contributed by atoms with van der Waals surface area (Å²) in [5.41, 5.74) is -1.22. The number of carboxylic acid groups (broad SMARTS) is 2. The monoisotopic (exact) mass is 330 g/mol. The topological polar surface area (TPSA) is 94.8 Å². The molecule has 0 rings (SSSR count). The van der Waals surface area contributed by atoms with Gasteiger partial charge in [0.05, 0.1) is 18.4 Å². The summed E-state index contributed by atoms with van der Waals surface area (Å²) in [7, 11) is 0. The normalized spacial score (nSPS) is 12.3. The molecule has 23 heavy (non-hydrogen) atoms. The first-order valence-electron chi connectivity index (χ1n) is 8.70. The molecule has 0 fully saturated rings. The van der Waals surface area contributed by atoms with Crippen LogP contribution in [-0.2, 0) is 9.59 Å². The number of carbonyl (C=O) groups is 2. The number of carboxylic acids is 2. The molecule has 0 atom stereocenters. The molecule has 0 aromatic carbocycles. The Bertz CT molecular complexity index is 341. The van der Waals surface area contributed by atoms with Gasteiger partial charge in [-0.3, -0.25) is 9.59 Å². The third kappa shape index (κ3) is 14.2. The number of aliphatic hydroxyl groups is 1. The van der Waals surface area contributed by atoms with Gasteiger partial charge in [0.1, 0.15) is 0 Å². The van der Waals surface area contributed by atoms with Crippen LogP contribution in [0.3, 0.4) is 0 Å².